The van der Waals surface area contributed by atoms with Crippen LogP contribution in [0.15, 0.2) is 4.79 Å². The van der Waals surface area contributed by atoms with E-state index in [1.165, 1.54) is 0 Å². The zero-order valence-corrected chi connectivity index (χ0v) is 6.80. The van der Waals surface area contributed by atoms with E-state index >= 15 is 0 Å². The highest BCUT2D eigenvalue weighted by molar-refractivity contribution is 6.99. The average molecular weight is 189 g/mol. The molecule has 0 saturated heterocycles. The van der Waals surface area contributed by atoms with Crippen LogP contribution < -0.4 is 11.3 Å². The number of hydrogen-bond acceptors (Lipinski definition) is 5. The van der Waals surface area contributed by atoms with Crippen LogP contribution in [0, 0.1) is 0 Å². The maximum absolute atomic E-state index is 10.8. The normalized spacial score (nSPS) is 12.8. The highest BCUT2D eigenvalue weighted by Crippen LogP contribution is 1.93. The number of nitrogens with two attached hydrogens (primary N) is 1. The van der Waals surface area contributed by atoms with Crippen molar-refractivity contribution in [1.29, 1.82) is 0 Å². The van der Waals surface area contributed by atoms with E-state index in [2.05, 4.69) is 8.75 Å². The second-order valence-electron chi connectivity index (χ2n) is 2.21. The van der Waals surface area contributed by atoms with Gasteiger partial charge in [0, 0.05) is 18.1 Å². The first-order chi connectivity index (χ1) is 5.61. The summed E-state index contributed by atoms with van der Waals surface area (Å²) in [6.45, 7) is 0. The molecule has 0 amide bonds. The molecule has 0 aliphatic rings. The Morgan fingerprint density at radius 2 is 2.50 bits per heavy atom. The topological polar surface area (TPSA) is 109 Å². The molecule has 1 atom stereocenters. The molecule has 1 aromatic heterocycles. The molecular weight excluding hydrogens is 182 g/mol. The van der Waals surface area contributed by atoms with Crippen molar-refractivity contribution < 1.29 is 9.90 Å². The fourth-order valence-corrected chi connectivity index (χ4v) is 1.16. The van der Waals surface area contributed by atoms with E-state index in [4.69, 9.17) is 10.8 Å². The van der Waals surface area contributed by atoms with E-state index in [0.29, 0.717) is 0 Å². The Balaban J connectivity index is 2.70. The van der Waals surface area contributed by atoms with Gasteiger partial charge in [0.15, 0.2) is 0 Å². The highest BCUT2D eigenvalue weighted by atomic mass is 32.1. The SMILES string of the molecule is N[C@@H](Cc1ns[nH]c1=O)C(=O)O. The molecular formula is C5H7N3O3S. The lowest BCUT2D eigenvalue weighted by molar-refractivity contribution is -0.138. The molecule has 1 heterocycles. The Hall–Kier alpha value is -1.21. The van der Waals surface area contributed by atoms with Crippen LogP contribution >= 0.6 is 11.7 Å². The van der Waals surface area contributed by atoms with Crippen LogP contribution in [0.1, 0.15) is 5.69 Å². The second-order valence-corrected chi connectivity index (χ2v) is 2.78. The van der Waals surface area contributed by atoms with Crippen LogP contribution in [0.3, 0.4) is 0 Å². The third kappa shape index (κ3) is 1.89. The predicted molar refractivity (Wildman–Crippen MR) is 42.0 cm³/mol. The summed E-state index contributed by atoms with van der Waals surface area (Å²) in [4.78, 5) is 21.1. The minimum Gasteiger partial charge on any atom is -0.480 e. The highest BCUT2D eigenvalue weighted by Gasteiger charge is 2.15. The van der Waals surface area contributed by atoms with Crippen LogP contribution in [0.2, 0.25) is 0 Å². The number of nitrogens with zero attached hydrogens (tertiary/aromatic N) is 1. The van der Waals surface area contributed by atoms with Crippen molar-refractivity contribution in [2.45, 2.75) is 12.5 Å². The largest absolute Gasteiger partial charge is 0.480 e. The van der Waals surface area contributed by atoms with Gasteiger partial charge < -0.3 is 10.8 Å². The predicted octanol–water partition coefficient (Wildman–Crippen LogP) is -1.21. The molecule has 0 spiro atoms. The first-order valence-electron chi connectivity index (χ1n) is 3.13. The molecule has 66 valence electrons. The Morgan fingerprint density at radius 3 is 2.92 bits per heavy atom. The minimum absolute atomic E-state index is 0.0336. The molecule has 7 heteroatoms. The van der Waals surface area contributed by atoms with Gasteiger partial charge in [-0.1, -0.05) is 0 Å². The number of hydrogen-bond donors (Lipinski definition) is 3. The summed E-state index contributed by atoms with van der Waals surface area (Å²) >= 11 is 0.884. The Labute approximate surface area is 71.3 Å². The summed E-state index contributed by atoms with van der Waals surface area (Å²) in [6.07, 6.45) is -0.0336. The van der Waals surface area contributed by atoms with Gasteiger partial charge in [-0.3, -0.25) is 14.0 Å². The Bertz CT molecular complexity index is 331. The Morgan fingerprint density at radius 1 is 1.83 bits per heavy atom. The minimum atomic E-state index is -1.14. The summed E-state index contributed by atoms with van der Waals surface area (Å²) in [5, 5.41) is 8.41. The van der Waals surface area contributed by atoms with Gasteiger partial charge in [0.1, 0.15) is 11.7 Å². The van der Waals surface area contributed by atoms with Gasteiger partial charge in [-0.25, -0.2) is 0 Å². The van der Waals surface area contributed by atoms with Crippen molar-refractivity contribution in [1.82, 2.24) is 8.75 Å². The first kappa shape index (κ1) is 8.88. The average Bonchev–Trinajstić information content (AvgIpc) is 2.36. The van der Waals surface area contributed by atoms with Crippen molar-refractivity contribution in [3.8, 4) is 0 Å². The number of rotatable bonds is 3. The second kappa shape index (κ2) is 3.46. The third-order valence-electron chi connectivity index (χ3n) is 1.29. The zero-order chi connectivity index (χ0) is 9.14. The molecule has 1 aromatic rings. The monoisotopic (exact) mass is 189 g/mol. The summed E-state index contributed by atoms with van der Waals surface area (Å²) < 4.78 is 6.01. The van der Waals surface area contributed by atoms with Crippen molar-refractivity contribution in [3.05, 3.63) is 16.0 Å². The number of nitrogens with one attached hydrogen (secondary N) is 1. The van der Waals surface area contributed by atoms with E-state index in [1.54, 1.807) is 0 Å². The number of aromatic nitrogens is 2. The summed E-state index contributed by atoms with van der Waals surface area (Å²) in [5.74, 6) is -1.14. The van der Waals surface area contributed by atoms with Crippen LogP contribution in [-0.4, -0.2) is 25.9 Å². The summed E-state index contributed by atoms with van der Waals surface area (Å²) in [7, 11) is 0. The molecule has 0 fully saturated rings. The third-order valence-corrected chi connectivity index (χ3v) is 1.88. The number of carboxylic acids is 1. The maximum atomic E-state index is 10.8. The van der Waals surface area contributed by atoms with Crippen LogP contribution in [0.25, 0.3) is 0 Å². The number of aromatic amines is 1. The van der Waals surface area contributed by atoms with E-state index in [-0.39, 0.29) is 17.7 Å². The van der Waals surface area contributed by atoms with Crippen molar-refractivity contribution in [2.24, 2.45) is 5.73 Å². The molecule has 0 saturated carbocycles. The fourth-order valence-electron chi connectivity index (χ4n) is 0.645. The van der Waals surface area contributed by atoms with Crippen LogP contribution in [0.5, 0.6) is 0 Å². The molecule has 4 N–H and O–H groups in total. The van der Waals surface area contributed by atoms with E-state index < -0.39 is 12.0 Å². The smallest absolute Gasteiger partial charge is 0.320 e. The molecule has 0 aromatic carbocycles. The van der Waals surface area contributed by atoms with Gasteiger partial charge in [0.2, 0.25) is 0 Å². The Kier molecular flexibility index (Phi) is 2.56. The van der Waals surface area contributed by atoms with E-state index in [0.717, 1.165) is 11.7 Å². The van der Waals surface area contributed by atoms with Crippen LogP contribution in [-0.2, 0) is 11.2 Å². The van der Waals surface area contributed by atoms with Crippen molar-refractivity contribution >= 4 is 17.7 Å². The standard InChI is InChI=1S/C5H7N3O3S/c6-2(5(10)11)1-3-4(9)8-12-7-3/h2H,1,6H2,(H,8,9)(H,10,11)/t2-/m0/s1. The summed E-state index contributed by atoms with van der Waals surface area (Å²) in [5.41, 5.74) is 5.00. The zero-order valence-electron chi connectivity index (χ0n) is 5.98. The lowest BCUT2D eigenvalue weighted by atomic mass is 10.2. The molecule has 12 heavy (non-hydrogen) atoms. The number of carboxylic acid groups (broad SMARTS) is 1. The molecule has 0 aliphatic carbocycles. The first-order valence-corrected chi connectivity index (χ1v) is 3.90. The van der Waals surface area contributed by atoms with Gasteiger partial charge in [-0.05, 0) is 0 Å². The molecule has 1 rings (SSSR count). The molecule has 0 radical (unpaired) electrons. The van der Waals surface area contributed by atoms with Gasteiger partial charge >= 0.3 is 5.97 Å². The lowest BCUT2D eigenvalue weighted by Gasteiger charge is -2.00. The quantitative estimate of drug-likeness (QED) is 0.552. The maximum Gasteiger partial charge on any atom is 0.320 e. The van der Waals surface area contributed by atoms with Gasteiger partial charge in [0.05, 0.1) is 0 Å². The fraction of sp³-hybridized carbons (Fsp3) is 0.400. The van der Waals surface area contributed by atoms with E-state index in [1.807, 2.05) is 0 Å². The number of carbonyl (C=O) groups is 1. The van der Waals surface area contributed by atoms with Gasteiger partial charge in [-0.15, -0.1) is 0 Å². The van der Waals surface area contributed by atoms with Crippen molar-refractivity contribution in [2.75, 3.05) is 0 Å². The van der Waals surface area contributed by atoms with Gasteiger partial charge in [-0.2, -0.15) is 4.37 Å². The van der Waals surface area contributed by atoms with Gasteiger partial charge in [0.25, 0.3) is 5.56 Å². The van der Waals surface area contributed by atoms with Crippen LogP contribution in [0.4, 0.5) is 0 Å². The molecule has 6 nitrogen and oxygen atoms in total. The van der Waals surface area contributed by atoms with Crippen molar-refractivity contribution in [3.63, 3.8) is 0 Å². The summed E-state index contributed by atoms with van der Waals surface area (Å²) in [6, 6.07) is -1.06. The number of aliphatic carboxylic acids is 1. The number of H-pyrrole nitrogens is 1. The molecule has 0 aliphatic heterocycles. The molecule has 0 bridgehead atoms. The van der Waals surface area contributed by atoms with E-state index in [9.17, 15) is 9.59 Å². The molecule has 0 unspecified atom stereocenters. The lowest BCUT2D eigenvalue weighted by Crippen LogP contribution is -2.33.